The van der Waals surface area contributed by atoms with Crippen molar-refractivity contribution in [2.45, 2.75) is 18.4 Å². The third-order valence-corrected chi connectivity index (χ3v) is 5.63. The topological polar surface area (TPSA) is 101 Å². The van der Waals surface area contributed by atoms with Gasteiger partial charge in [0.15, 0.2) is 5.96 Å². The summed E-state index contributed by atoms with van der Waals surface area (Å²) in [6.07, 6.45) is 0. The molecular formula is C21H31IN4O4S. The van der Waals surface area contributed by atoms with E-state index in [0.717, 1.165) is 11.3 Å². The average Bonchev–Trinajstić information content (AvgIpc) is 2.75. The summed E-state index contributed by atoms with van der Waals surface area (Å²) in [4.78, 5) is 4.39. The summed E-state index contributed by atoms with van der Waals surface area (Å²) in [6, 6.07) is 14.7. The van der Waals surface area contributed by atoms with Crippen LogP contribution in [0.15, 0.2) is 58.4 Å². The van der Waals surface area contributed by atoms with Crippen molar-refractivity contribution in [2.75, 3.05) is 40.5 Å². The van der Waals surface area contributed by atoms with E-state index in [0.29, 0.717) is 32.3 Å². The Labute approximate surface area is 201 Å². The van der Waals surface area contributed by atoms with Crippen molar-refractivity contribution in [3.63, 3.8) is 0 Å². The van der Waals surface area contributed by atoms with E-state index in [1.165, 1.54) is 12.7 Å². The number of nitrogens with zero attached hydrogens (tertiary/aromatic N) is 1. The SMILES string of the molecule is CN=C(NCCOc1ccc(C)cc1)NCc1cccc(S(=O)(=O)NCCOC)c1.I. The number of ether oxygens (including phenoxy) is 2. The maximum Gasteiger partial charge on any atom is 0.240 e. The fraction of sp³-hybridized carbons (Fsp3) is 0.381. The zero-order chi connectivity index (χ0) is 21.8. The van der Waals surface area contributed by atoms with Crippen molar-refractivity contribution in [3.8, 4) is 5.75 Å². The molecule has 0 amide bonds. The average molecular weight is 562 g/mol. The van der Waals surface area contributed by atoms with Gasteiger partial charge in [0, 0.05) is 27.2 Å². The van der Waals surface area contributed by atoms with Gasteiger partial charge in [-0.15, -0.1) is 24.0 Å². The Kier molecular flexibility index (Phi) is 12.5. The lowest BCUT2D eigenvalue weighted by Crippen LogP contribution is -2.38. The molecule has 0 bridgehead atoms. The lowest BCUT2D eigenvalue weighted by Gasteiger charge is -2.13. The Balaban J connectivity index is 0.00000480. The highest BCUT2D eigenvalue weighted by Gasteiger charge is 2.13. The van der Waals surface area contributed by atoms with E-state index in [2.05, 4.69) is 20.3 Å². The first-order valence-corrected chi connectivity index (χ1v) is 11.1. The molecule has 2 aromatic rings. The number of sulfonamides is 1. The number of methoxy groups -OCH3 is 1. The fourth-order valence-electron chi connectivity index (χ4n) is 2.56. The summed E-state index contributed by atoms with van der Waals surface area (Å²) in [5.41, 5.74) is 2.01. The third kappa shape index (κ3) is 9.85. The normalized spacial score (nSPS) is 11.5. The second-order valence-corrected chi connectivity index (χ2v) is 8.32. The van der Waals surface area contributed by atoms with Gasteiger partial charge in [-0.25, -0.2) is 13.1 Å². The van der Waals surface area contributed by atoms with Gasteiger partial charge in [0.25, 0.3) is 0 Å². The number of hydrogen-bond acceptors (Lipinski definition) is 5. The second kappa shape index (κ2) is 14.2. The zero-order valence-corrected chi connectivity index (χ0v) is 21.2. The van der Waals surface area contributed by atoms with Gasteiger partial charge in [-0.3, -0.25) is 4.99 Å². The van der Waals surface area contributed by atoms with E-state index in [4.69, 9.17) is 9.47 Å². The summed E-state index contributed by atoms with van der Waals surface area (Å²) in [5.74, 6) is 1.43. The lowest BCUT2D eigenvalue weighted by molar-refractivity contribution is 0.204. The van der Waals surface area contributed by atoms with E-state index in [9.17, 15) is 8.42 Å². The van der Waals surface area contributed by atoms with Crippen molar-refractivity contribution in [1.29, 1.82) is 0 Å². The zero-order valence-electron chi connectivity index (χ0n) is 18.1. The number of guanidine groups is 1. The summed E-state index contributed by atoms with van der Waals surface area (Å²) in [6.45, 7) is 4.07. The van der Waals surface area contributed by atoms with Gasteiger partial charge in [0.05, 0.1) is 18.0 Å². The minimum Gasteiger partial charge on any atom is -0.492 e. The molecule has 0 spiro atoms. The smallest absolute Gasteiger partial charge is 0.240 e. The lowest BCUT2D eigenvalue weighted by atomic mass is 10.2. The number of aryl methyl sites for hydroxylation is 1. The second-order valence-electron chi connectivity index (χ2n) is 6.55. The Morgan fingerprint density at radius 2 is 1.77 bits per heavy atom. The Morgan fingerprint density at radius 1 is 1.03 bits per heavy atom. The van der Waals surface area contributed by atoms with Gasteiger partial charge in [-0.2, -0.15) is 0 Å². The van der Waals surface area contributed by atoms with Crippen molar-refractivity contribution in [1.82, 2.24) is 15.4 Å². The molecule has 0 aromatic heterocycles. The molecule has 0 fully saturated rings. The van der Waals surface area contributed by atoms with Crippen LogP contribution in [-0.4, -0.2) is 54.8 Å². The quantitative estimate of drug-likeness (QED) is 0.168. The number of hydrogen-bond donors (Lipinski definition) is 3. The molecule has 0 heterocycles. The van der Waals surface area contributed by atoms with Gasteiger partial charge in [0.1, 0.15) is 12.4 Å². The fourth-order valence-corrected chi connectivity index (χ4v) is 3.65. The number of rotatable bonds is 11. The molecule has 10 heteroatoms. The maximum atomic E-state index is 12.3. The standard InChI is InChI=1S/C21H30N4O4S.HI/c1-17-7-9-19(10-8-17)29-14-11-23-21(22-2)24-16-18-5-4-6-20(15-18)30(26,27)25-12-13-28-3;/h4-10,15,25H,11-14,16H2,1-3H3,(H2,22,23,24);1H. The molecule has 3 N–H and O–H groups in total. The van der Waals surface area contributed by atoms with Gasteiger partial charge in [-0.05, 0) is 36.8 Å². The van der Waals surface area contributed by atoms with Crippen LogP contribution >= 0.6 is 24.0 Å². The number of aliphatic imine (C=N–C) groups is 1. The predicted octanol–water partition coefficient (Wildman–Crippen LogP) is 2.28. The van der Waals surface area contributed by atoms with Crippen molar-refractivity contribution >= 4 is 40.0 Å². The highest BCUT2D eigenvalue weighted by Crippen LogP contribution is 2.12. The van der Waals surface area contributed by atoms with Crippen molar-refractivity contribution < 1.29 is 17.9 Å². The highest BCUT2D eigenvalue weighted by molar-refractivity contribution is 14.0. The van der Waals surface area contributed by atoms with E-state index < -0.39 is 10.0 Å². The molecule has 0 saturated carbocycles. The van der Waals surface area contributed by atoms with E-state index in [1.54, 1.807) is 25.2 Å². The third-order valence-electron chi connectivity index (χ3n) is 4.17. The molecule has 8 nitrogen and oxygen atoms in total. The first kappa shape index (κ1) is 27.1. The van der Waals surface area contributed by atoms with Gasteiger partial charge >= 0.3 is 0 Å². The van der Waals surface area contributed by atoms with Crippen LogP contribution in [0.2, 0.25) is 0 Å². The van der Waals surface area contributed by atoms with E-state index in [-0.39, 0.29) is 35.4 Å². The summed E-state index contributed by atoms with van der Waals surface area (Å²) >= 11 is 0. The molecule has 0 aliphatic carbocycles. The summed E-state index contributed by atoms with van der Waals surface area (Å²) < 4.78 is 37.7. The van der Waals surface area contributed by atoms with Crippen molar-refractivity contribution in [3.05, 3.63) is 59.7 Å². The Morgan fingerprint density at radius 3 is 2.45 bits per heavy atom. The maximum absolute atomic E-state index is 12.3. The Bertz CT molecular complexity index is 921. The van der Waals surface area contributed by atoms with Crippen LogP contribution < -0.4 is 20.1 Å². The molecule has 0 saturated heterocycles. The number of benzene rings is 2. The van der Waals surface area contributed by atoms with Crippen LogP contribution in [0.1, 0.15) is 11.1 Å². The largest absolute Gasteiger partial charge is 0.492 e. The van der Waals surface area contributed by atoms with Crippen LogP contribution in [0.25, 0.3) is 0 Å². The van der Waals surface area contributed by atoms with Gasteiger partial charge in [-0.1, -0.05) is 29.8 Å². The van der Waals surface area contributed by atoms with Crippen LogP contribution in [0.4, 0.5) is 0 Å². The van der Waals surface area contributed by atoms with E-state index in [1.807, 2.05) is 37.3 Å². The Hall–Kier alpha value is -1.89. The highest BCUT2D eigenvalue weighted by atomic mass is 127. The predicted molar refractivity (Wildman–Crippen MR) is 134 cm³/mol. The molecule has 0 aliphatic rings. The molecule has 31 heavy (non-hydrogen) atoms. The minimum absolute atomic E-state index is 0. The molecule has 0 unspecified atom stereocenters. The molecule has 0 aliphatic heterocycles. The summed E-state index contributed by atoms with van der Waals surface area (Å²) in [7, 11) is -0.365. The van der Waals surface area contributed by atoms with Crippen LogP contribution in [0.3, 0.4) is 0 Å². The molecule has 2 rings (SSSR count). The van der Waals surface area contributed by atoms with Crippen LogP contribution in [0.5, 0.6) is 5.75 Å². The number of nitrogens with one attached hydrogen (secondary N) is 3. The molecule has 172 valence electrons. The van der Waals surface area contributed by atoms with E-state index >= 15 is 0 Å². The first-order valence-electron chi connectivity index (χ1n) is 9.66. The number of halogens is 1. The van der Waals surface area contributed by atoms with Crippen LogP contribution in [-0.2, 0) is 21.3 Å². The van der Waals surface area contributed by atoms with Gasteiger partial charge in [0.2, 0.25) is 10.0 Å². The van der Waals surface area contributed by atoms with Crippen molar-refractivity contribution in [2.24, 2.45) is 4.99 Å². The van der Waals surface area contributed by atoms with Crippen LogP contribution in [0, 0.1) is 6.92 Å². The molecular weight excluding hydrogens is 531 g/mol. The summed E-state index contributed by atoms with van der Waals surface area (Å²) in [5, 5.41) is 6.34. The van der Waals surface area contributed by atoms with Gasteiger partial charge < -0.3 is 20.1 Å². The monoisotopic (exact) mass is 562 g/mol. The molecule has 2 aromatic carbocycles. The molecule has 0 atom stereocenters. The minimum atomic E-state index is -3.57. The molecule has 0 radical (unpaired) electrons. The first-order chi connectivity index (χ1) is 14.4.